The van der Waals surface area contributed by atoms with Gasteiger partial charge in [-0.25, -0.2) is 4.98 Å². The molecule has 2 aromatic heterocycles. The van der Waals surface area contributed by atoms with E-state index in [1.54, 1.807) is 23.7 Å². The predicted octanol–water partition coefficient (Wildman–Crippen LogP) is 4.19. The summed E-state index contributed by atoms with van der Waals surface area (Å²) in [4.78, 5) is 9.83. The van der Waals surface area contributed by atoms with Crippen LogP contribution >= 0.6 is 22.9 Å². The van der Waals surface area contributed by atoms with Gasteiger partial charge in [0, 0.05) is 11.4 Å². The van der Waals surface area contributed by atoms with E-state index in [4.69, 9.17) is 11.6 Å². The number of hydrogen-bond donors (Lipinski definition) is 2. The lowest BCUT2D eigenvalue weighted by molar-refractivity contribution is 0.890. The van der Waals surface area contributed by atoms with Crippen molar-refractivity contribution >= 4 is 34.6 Å². The van der Waals surface area contributed by atoms with Gasteiger partial charge < -0.3 is 10.6 Å². The molecular weight excluding hydrogens is 280 g/mol. The van der Waals surface area contributed by atoms with Crippen molar-refractivity contribution in [2.45, 2.75) is 26.3 Å². The lowest BCUT2D eigenvalue weighted by atomic mass is 10.3. The van der Waals surface area contributed by atoms with Gasteiger partial charge in [-0.15, -0.1) is 11.3 Å². The van der Waals surface area contributed by atoms with E-state index in [1.165, 1.54) is 4.88 Å². The van der Waals surface area contributed by atoms with Gasteiger partial charge in [0.05, 0.1) is 22.8 Å². The Hall–Kier alpha value is -1.33. The number of aromatic nitrogens is 2. The Morgan fingerprint density at radius 3 is 2.79 bits per heavy atom. The molecule has 2 rings (SSSR count). The second-order valence-electron chi connectivity index (χ2n) is 4.22. The summed E-state index contributed by atoms with van der Waals surface area (Å²) in [5, 5.41) is 6.55. The molecule has 102 valence electrons. The fourth-order valence-electron chi connectivity index (χ4n) is 1.63. The van der Waals surface area contributed by atoms with Crippen molar-refractivity contribution in [1.29, 1.82) is 0 Å². The predicted molar refractivity (Wildman–Crippen MR) is 82.2 cm³/mol. The van der Waals surface area contributed by atoms with E-state index < -0.39 is 0 Å². The third-order valence-corrected chi connectivity index (χ3v) is 3.99. The molecule has 0 bridgehead atoms. The van der Waals surface area contributed by atoms with E-state index in [1.807, 2.05) is 12.1 Å². The van der Waals surface area contributed by atoms with Gasteiger partial charge in [0.15, 0.2) is 0 Å². The van der Waals surface area contributed by atoms with E-state index in [9.17, 15) is 0 Å². The van der Waals surface area contributed by atoms with Gasteiger partial charge in [-0.3, -0.25) is 4.98 Å². The molecule has 4 nitrogen and oxygen atoms in total. The fourth-order valence-corrected chi connectivity index (χ4v) is 2.69. The van der Waals surface area contributed by atoms with Gasteiger partial charge in [0.2, 0.25) is 0 Å². The number of nitrogens with zero attached hydrogens (tertiary/aromatic N) is 2. The molecule has 6 heteroatoms. The Morgan fingerprint density at radius 1 is 1.32 bits per heavy atom. The van der Waals surface area contributed by atoms with Crippen molar-refractivity contribution in [3.8, 4) is 0 Å². The van der Waals surface area contributed by atoms with Crippen molar-refractivity contribution in [3.05, 3.63) is 33.7 Å². The van der Waals surface area contributed by atoms with Crippen molar-refractivity contribution < 1.29 is 0 Å². The van der Waals surface area contributed by atoms with Crippen LogP contribution in [-0.2, 0) is 0 Å². The molecule has 19 heavy (non-hydrogen) atoms. The molecule has 0 aliphatic carbocycles. The summed E-state index contributed by atoms with van der Waals surface area (Å²) < 4.78 is 0.799. The molecule has 0 amide bonds. The Balaban J connectivity index is 2.02. The first kappa shape index (κ1) is 14.1. The van der Waals surface area contributed by atoms with Gasteiger partial charge in [0.1, 0.15) is 11.6 Å². The second-order valence-corrected chi connectivity index (χ2v) is 5.97. The van der Waals surface area contributed by atoms with Crippen molar-refractivity contribution in [1.82, 2.24) is 9.97 Å². The van der Waals surface area contributed by atoms with Crippen molar-refractivity contribution in [2.75, 3.05) is 17.2 Å². The third-order valence-electron chi connectivity index (χ3n) is 2.58. The maximum Gasteiger partial charge on any atom is 0.147 e. The molecule has 2 aromatic rings. The smallest absolute Gasteiger partial charge is 0.147 e. The lowest BCUT2D eigenvalue weighted by Gasteiger charge is -2.13. The van der Waals surface area contributed by atoms with Crippen LogP contribution in [0, 0.1) is 0 Å². The first-order valence-corrected chi connectivity index (χ1v) is 7.46. The summed E-state index contributed by atoms with van der Waals surface area (Å²) in [7, 11) is 0. The van der Waals surface area contributed by atoms with E-state index >= 15 is 0 Å². The van der Waals surface area contributed by atoms with E-state index in [0.29, 0.717) is 0 Å². The van der Waals surface area contributed by atoms with Crippen LogP contribution in [0.25, 0.3) is 0 Å². The molecule has 1 atom stereocenters. The topological polar surface area (TPSA) is 49.8 Å². The maximum atomic E-state index is 5.94. The Bertz CT molecular complexity index is 529. The molecular formula is C13H17ClN4S. The highest BCUT2D eigenvalue weighted by molar-refractivity contribution is 7.16. The lowest BCUT2D eigenvalue weighted by Crippen LogP contribution is -2.09. The first-order valence-electron chi connectivity index (χ1n) is 6.26. The monoisotopic (exact) mass is 296 g/mol. The SMILES string of the molecule is CCCNc1cncc(NC(C)c2ccc(Cl)s2)n1. The number of nitrogens with one attached hydrogen (secondary N) is 2. The normalized spacial score (nSPS) is 12.2. The highest BCUT2D eigenvalue weighted by Crippen LogP contribution is 2.28. The third kappa shape index (κ3) is 4.08. The van der Waals surface area contributed by atoms with Crippen LogP contribution in [-0.4, -0.2) is 16.5 Å². The number of anilines is 2. The molecule has 0 aromatic carbocycles. The molecule has 1 unspecified atom stereocenters. The fraction of sp³-hybridized carbons (Fsp3) is 0.385. The maximum absolute atomic E-state index is 5.94. The Labute approximate surface area is 122 Å². The molecule has 2 N–H and O–H groups in total. The summed E-state index contributed by atoms with van der Waals surface area (Å²) in [6.45, 7) is 5.09. The molecule has 0 fully saturated rings. The van der Waals surface area contributed by atoms with Crippen LogP contribution in [0.2, 0.25) is 4.34 Å². The van der Waals surface area contributed by atoms with E-state index in [2.05, 4.69) is 34.4 Å². The minimum atomic E-state index is 0.160. The Morgan fingerprint density at radius 2 is 2.11 bits per heavy atom. The molecule has 0 aliphatic heterocycles. The van der Waals surface area contributed by atoms with E-state index in [-0.39, 0.29) is 6.04 Å². The first-order chi connectivity index (χ1) is 9.19. The molecule has 0 saturated heterocycles. The van der Waals surface area contributed by atoms with E-state index in [0.717, 1.165) is 28.9 Å². The molecule has 0 saturated carbocycles. The molecule has 0 radical (unpaired) electrons. The average molecular weight is 297 g/mol. The van der Waals surface area contributed by atoms with Crippen molar-refractivity contribution in [2.24, 2.45) is 0 Å². The minimum Gasteiger partial charge on any atom is -0.369 e. The van der Waals surface area contributed by atoms with Crippen LogP contribution in [0.15, 0.2) is 24.5 Å². The standard InChI is InChI=1S/C13H17ClN4S/c1-3-6-16-12-7-15-8-13(18-12)17-9(2)10-4-5-11(14)19-10/h4-5,7-9H,3,6H2,1-2H3,(H2,16,17,18). The van der Waals surface area contributed by atoms with Crippen LogP contribution in [0.3, 0.4) is 0 Å². The summed E-state index contributed by atoms with van der Waals surface area (Å²) in [6, 6.07) is 4.09. The summed E-state index contributed by atoms with van der Waals surface area (Å²) in [6.07, 6.45) is 4.51. The second kappa shape index (κ2) is 6.73. The highest BCUT2D eigenvalue weighted by atomic mass is 35.5. The quantitative estimate of drug-likeness (QED) is 0.839. The molecule has 0 spiro atoms. The minimum absolute atomic E-state index is 0.160. The van der Waals surface area contributed by atoms with Gasteiger partial charge in [0.25, 0.3) is 0 Å². The highest BCUT2D eigenvalue weighted by Gasteiger charge is 2.09. The summed E-state index contributed by atoms with van der Waals surface area (Å²) in [5.41, 5.74) is 0. The summed E-state index contributed by atoms with van der Waals surface area (Å²) >= 11 is 7.51. The van der Waals surface area contributed by atoms with Gasteiger partial charge in [-0.2, -0.15) is 0 Å². The van der Waals surface area contributed by atoms with Gasteiger partial charge in [-0.1, -0.05) is 18.5 Å². The zero-order valence-electron chi connectivity index (χ0n) is 11.0. The largest absolute Gasteiger partial charge is 0.369 e. The van der Waals surface area contributed by atoms with Gasteiger partial charge in [-0.05, 0) is 25.5 Å². The Kier molecular flexibility index (Phi) is 4.99. The zero-order chi connectivity index (χ0) is 13.7. The number of thiophene rings is 1. The van der Waals surface area contributed by atoms with Crippen LogP contribution in [0.4, 0.5) is 11.6 Å². The van der Waals surface area contributed by atoms with Gasteiger partial charge >= 0.3 is 0 Å². The van der Waals surface area contributed by atoms with Crippen LogP contribution in [0.5, 0.6) is 0 Å². The van der Waals surface area contributed by atoms with Crippen LogP contribution in [0.1, 0.15) is 31.2 Å². The zero-order valence-corrected chi connectivity index (χ0v) is 12.6. The molecule has 0 aliphatic rings. The number of rotatable bonds is 6. The number of hydrogen-bond acceptors (Lipinski definition) is 5. The van der Waals surface area contributed by atoms with Crippen LogP contribution < -0.4 is 10.6 Å². The molecule has 2 heterocycles. The summed E-state index contributed by atoms with van der Waals surface area (Å²) in [5.74, 6) is 1.56. The van der Waals surface area contributed by atoms with Crippen molar-refractivity contribution in [3.63, 3.8) is 0 Å². The number of halogens is 1. The average Bonchev–Trinajstić information content (AvgIpc) is 2.83.